The molecule has 35 heavy (non-hydrogen) atoms. The Morgan fingerprint density at radius 2 is 1.94 bits per heavy atom. The van der Waals surface area contributed by atoms with Crippen LogP contribution in [0, 0.1) is 28.6 Å². The molecule has 0 aromatic carbocycles. The zero-order chi connectivity index (χ0) is 25.5. The summed E-state index contributed by atoms with van der Waals surface area (Å²) in [7, 11) is 1.28. The van der Waals surface area contributed by atoms with Crippen LogP contribution >= 0.6 is 0 Å². The Kier molecular flexibility index (Phi) is 6.50. The van der Waals surface area contributed by atoms with Crippen molar-refractivity contribution in [2.45, 2.75) is 65.2 Å². The van der Waals surface area contributed by atoms with Gasteiger partial charge in [0.25, 0.3) is 5.91 Å². The number of Topliss-reactive ketones (excluding diaryl/α,β-unsaturated/α-hetero) is 1. The van der Waals surface area contributed by atoms with Crippen molar-refractivity contribution in [3.8, 4) is 0 Å². The molecule has 2 heterocycles. The molecule has 190 valence electrons. The van der Waals surface area contributed by atoms with Gasteiger partial charge in [0.15, 0.2) is 18.0 Å². The van der Waals surface area contributed by atoms with Crippen molar-refractivity contribution in [1.82, 2.24) is 5.32 Å². The third kappa shape index (κ3) is 4.23. The Hall–Kier alpha value is -3.17. The lowest BCUT2D eigenvalue weighted by Gasteiger charge is -2.60. The average Bonchev–Trinajstić information content (AvgIpc) is 3.31. The minimum atomic E-state index is -1.13. The molecule has 10 nitrogen and oxygen atoms in total. The van der Waals surface area contributed by atoms with Crippen LogP contribution in [0.5, 0.6) is 0 Å². The molecule has 1 aromatic heterocycles. The molecule has 4 rings (SSSR count). The van der Waals surface area contributed by atoms with Gasteiger partial charge in [-0.25, -0.2) is 0 Å². The highest BCUT2D eigenvalue weighted by Crippen LogP contribution is 2.64. The van der Waals surface area contributed by atoms with Gasteiger partial charge in [-0.1, -0.05) is 13.8 Å². The Bertz CT molecular complexity index is 1030. The minimum absolute atomic E-state index is 0.0241. The van der Waals surface area contributed by atoms with Crippen LogP contribution in [0.2, 0.25) is 0 Å². The summed E-state index contributed by atoms with van der Waals surface area (Å²) in [5.41, 5.74) is -1.82. The molecule has 2 aliphatic carbocycles. The Labute approximate surface area is 203 Å². The van der Waals surface area contributed by atoms with E-state index in [-0.39, 0.29) is 25.2 Å². The number of ether oxygens (including phenoxy) is 3. The van der Waals surface area contributed by atoms with E-state index in [1.807, 2.05) is 6.92 Å². The maximum Gasteiger partial charge on any atom is 0.310 e. The summed E-state index contributed by atoms with van der Waals surface area (Å²) in [6.07, 6.45) is 0.191. The second-order valence-electron chi connectivity index (χ2n) is 10.3. The van der Waals surface area contributed by atoms with Crippen molar-refractivity contribution in [3.05, 3.63) is 24.2 Å². The van der Waals surface area contributed by atoms with Crippen LogP contribution in [0.1, 0.15) is 52.2 Å². The second-order valence-corrected chi connectivity index (χ2v) is 10.3. The second kappa shape index (κ2) is 9.13. The molecule has 10 heteroatoms. The molecule has 3 fully saturated rings. The number of fused-ring (bicyclic) bond motifs is 3. The summed E-state index contributed by atoms with van der Waals surface area (Å²) in [6, 6.07) is 3.41. The summed E-state index contributed by atoms with van der Waals surface area (Å²) in [5.74, 6) is -4.11. The van der Waals surface area contributed by atoms with Gasteiger partial charge in [0, 0.05) is 25.7 Å². The third-order valence-corrected chi connectivity index (χ3v) is 8.21. The summed E-state index contributed by atoms with van der Waals surface area (Å²) in [6.45, 7) is 4.99. The summed E-state index contributed by atoms with van der Waals surface area (Å²) in [5, 5.41) is 2.71. The van der Waals surface area contributed by atoms with Crippen molar-refractivity contribution >= 4 is 29.6 Å². The van der Waals surface area contributed by atoms with Crippen LogP contribution in [-0.4, -0.2) is 48.9 Å². The van der Waals surface area contributed by atoms with E-state index in [2.05, 4.69) is 5.32 Å². The molecule has 1 aliphatic heterocycles. The fourth-order valence-electron chi connectivity index (χ4n) is 6.67. The van der Waals surface area contributed by atoms with E-state index >= 15 is 0 Å². The first-order valence-electron chi connectivity index (χ1n) is 11.8. The maximum absolute atomic E-state index is 13.8. The molecular formula is C25H31NO9. The van der Waals surface area contributed by atoms with Gasteiger partial charge in [-0.05, 0) is 35.8 Å². The van der Waals surface area contributed by atoms with Crippen LogP contribution in [-0.2, 0) is 44.7 Å². The quantitative estimate of drug-likeness (QED) is 0.486. The maximum atomic E-state index is 13.8. The lowest BCUT2D eigenvalue weighted by atomic mass is 9.43. The zero-order valence-corrected chi connectivity index (χ0v) is 20.3. The van der Waals surface area contributed by atoms with Gasteiger partial charge in [-0.15, -0.1) is 0 Å². The smallest absolute Gasteiger partial charge is 0.310 e. The van der Waals surface area contributed by atoms with Gasteiger partial charge in [-0.2, -0.15) is 0 Å². The van der Waals surface area contributed by atoms with Crippen molar-refractivity contribution < 1.29 is 42.6 Å². The molecule has 0 bridgehead atoms. The summed E-state index contributed by atoms with van der Waals surface area (Å²) < 4.78 is 21.1. The molecule has 1 N–H and O–H groups in total. The van der Waals surface area contributed by atoms with Crippen LogP contribution < -0.4 is 5.32 Å². The highest BCUT2D eigenvalue weighted by Gasteiger charge is 2.68. The first-order valence-corrected chi connectivity index (χ1v) is 11.8. The van der Waals surface area contributed by atoms with Gasteiger partial charge < -0.3 is 23.9 Å². The first-order chi connectivity index (χ1) is 16.5. The highest BCUT2D eigenvalue weighted by atomic mass is 16.6. The standard InChI is InChI=1S/C25H31NO9/c1-13(27)34-17-10-16(22(30)32-4)24(2)8-7-15-23(31)35-18(11-25(15,3)20(24)19(17)28)21(29)26-12-14-6-5-9-33-14/h5-6,9,15-18,20H,7-8,10-12H2,1-4H3,(H,26,29)/t15-,16-,17-,18-,20-,24-,25?/m0/s1. The van der Waals surface area contributed by atoms with E-state index < -0.39 is 64.6 Å². The largest absolute Gasteiger partial charge is 0.469 e. The van der Waals surface area contributed by atoms with E-state index in [1.54, 1.807) is 19.1 Å². The Balaban J connectivity index is 1.67. The highest BCUT2D eigenvalue weighted by molar-refractivity contribution is 5.94. The van der Waals surface area contributed by atoms with Gasteiger partial charge in [0.1, 0.15) is 5.76 Å². The van der Waals surface area contributed by atoms with Gasteiger partial charge in [-0.3, -0.25) is 24.0 Å². The number of esters is 3. The lowest BCUT2D eigenvalue weighted by Crippen LogP contribution is -2.66. The zero-order valence-electron chi connectivity index (χ0n) is 20.3. The lowest BCUT2D eigenvalue weighted by molar-refractivity contribution is -0.210. The number of hydrogen-bond acceptors (Lipinski definition) is 9. The molecular weight excluding hydrogens is 458 g/mol. The van der Waals surface area contributed by atoms with E-state index in [0.717, 1.165) is 0 Å². The Morgan fingerprint density at radius 1 is 1.20 bits per heavy atom. The van der Waals surface area contributed by atoms with Crippen molar-refractivity contribution in [3.63, 3.8) is 0 Å². The van der Waals surface area contributed by atoms with Gasteiger partial charge in [0.2, 0.25) is 0 Å². The van der Waals surface area contributed by atoms with Crippen molar-refractivity contribution in [2.24, 2.45) is 28.6 Å². The van der Waals surface area contributed by atoms with Crippen LogP contribution in [0.15, 0.2) is 22.8 Å². The number of carbonyl (C=O) groups is 5. The van der Waals surface area contributed by atoms with E-state index in [1.165, 1.54) is 20.3 Å². The molecule has 1 amide bonds. The van der Waals surface area contributed by atoms with Crippen LogP contribution in [0.3, 0.4) is 0 Å². The number of methoxy groups -OCH3 is 1. The normalized spacial score (nSPS) is 36.3. The minimum Gasteiger partial charge on any atom is -0.469 e. The number of amides is 1. The first kappa shape index (κ1) is 24.9. The fourth-order valence-corrected chi connectivity index (χ4v) is 6.67. The number of furan rings is 1. The summed E-state index contributed by atoms with van der Waals surface area (Å²) >= 11 is 0. The molecule has 2 saturated carbocycles. The van der Waals surface area contributed by atoms with Gasteiger partial charge >= 0.3 is 17.9 Å². The Morgan fingerprint density at radius 3 is 2.57 bits per heavy atom. The monoisotopic (exact) mass is 489 g/mol. The molecule has 0 spiro atoms. The molecule has 1 unspecified atom stereocenters. The van der Waals surface area contributed by atoms with E-state index in [4.69, 9.17) is 18.6 Å². The predicted octanol–water partition coefficient (Wildman–Crippen LogP) is 1.94. The van der Waals surface area contributed by atoms with E-state index in [9.17, 15) is 24.0 Å². The number of cyclic esters (lactones) is 1. The number of hydrogen-bond donors (Lipinski definition) is 1. The summed E-state index contributed by atoms with van der Waals surface area (Å²) in [4.78, 5) is 64.4. The third-order valence-electron chi connectivity index (χ3n) is 8.21. The topological polar surface area (TPSA) is 138 Å². The molecule has 0 radical (unpaired) electrons. The van der Waals surface area contributed by atoms with Crippen molar-refractivity contribution in [1.29, 1.82) is 0 Å². The number of ketones is 1. The molecule has 3 aliphatic rings. The van der Waals surface area contributed by atoms with Gasteiger partial charge in [0.05, 0.1) is 31.8 Å². The van der Waals surface area contributed by atoms with E-state index in [0.29, 0.717) is 18.6 Å². The molecule has 1 aromatic rings. The average molecular weight is 490 g/mol. The molecule has 7 atom stereocenters. The number of rotatable bonds is 5. The van der Waals surface area contributed by atoms with Crippen LogP contribution in [0.25, 0.3) is 0 Å². The predicted molar refractivity (Wildman–Crippen MR) is 118 cm³/mol. The number of carbonyl (C=O) groups excluding carboxylic acids is 5. The molecule has 1 saturated heterocycles. The SMILES string of the molecule is COC(=O)[C@@H]1C[C@H](OC(C)=O)C(=O)[C@@H]2C3(C)C[C@@H](C(=O)NCc4ccco4)OC(=O)[C@@H]3CC[C@]21C. The fraction of sp³-hybridized carbons (Fsp3) is 0.640. The van der Waals surface area contributed by atoms with Crippen LogP contribution in [0.4, 0.5) is 0 Å². The number of nitrogens with one attached hydrogen (secondary N) is 1. The van der Waals surface area contributed by atoms with Crippen molar-refractivity contribution in [2.75, 3.05) is 7.11 Å².